The lowest BCUT2D eigenvalue weighted by Gasteiger charge is -2.39. The lowest BCUT2D eigenvalue weighted by molar-refractivity contribution is -0.933. The van der Waals surface area contributed by atoms with Gasteiger partial charge in [0.25, 0.3) is 0 Å². The molecule has 0 aliphatic carbocycles. The van der Waals surface area contributed by atoms with E-state index in [4.69, 9.17) is 20.4 Å². The van der Waals surface area contributed by atoms with Crippen LogP contribution in [0.1, 0.15) is 0 Å². The molecule has 7 heteroatoms. The normalized spacial score (nSPS) is 13.2. The molecule has 7 nitrogen and oxygen atoms in total. The molecule has 0 fully saturated rings. The summed E-state index contributed by atoms with van der Waals surface area (Å²) in [5.41, 5.74) is 0. The zero-order valence-electron chi connectivity index (χ0n) is 12.8. The first-order chi connectivity index (χ1) is 9.34. The quantitative estimate of drug-likeness (QED) is 0.251. The van der Waals surface area contributed by atoms with Crippen LogP contribution in [0.25, 0.3) is 0 Å². The summed E-state index contributed by atoms with van der Waals surface area (Å²) in [6, 6.07) is 0. The molecule has 122 valence electrons. The predicted molar refractivity (Wildman–Crippen MR) is 75.9 cm³/mol. The van der Waals surface area contributed by atoms with Crippen molar-refractivity contribution >= 4 is 0 Å². The molecule has 0 aliphatic heterocycles. The Labute approximate surface area is 121 Å². The van der Waals surface area contributed by atoms with E-state index >= 15 is 0 Å². The molecule has 0 heterocycles. The van der Waals surface area contributed by atoms with Crippen LogP contribution in [-0.4, -0.2) is 120 Å². The third-order valence-corrected chi connectivity index (χ3v) is 3.86. The van der Waals surface area contributed by atoms with Crippen LogP contribution >= 0.6 is 0 Å². The van der Waals surface area contributed by atoms with Gasteiger partial charge < -0.3 is 34.5 Å². The van der Waals surface area contributed by atoms with Crippen LogP contribution in [0.5, 0.6) is 0 Å². The lowest BCUT2D eigenvalue weighted by Crippen LogP contribution is -2.58. The van der Waals surface area contributed by atoms with Gasteiger partial charge in [-0.3, -0.25) is 0 Å². The fraction of sp³-hybridized carbons (Fsp3) is 1.00. The highest BCUT2D eigenvalue weighted by Crippen LogP contribution is 2.09. The van der Waals surface area contributed by atoms with Crippen molar-refractivity contribution in [3.8, 4) is 0 Å². The highest BCUT2D eigenvalue weighted by molar-refractivity contribution is 4.56. The van der Waals surface area contributed by atoms with E-state index in [1.54, 1.807) is 0 Å². The first-order valence-corrected chi connectivity index (χ1v) is 7.13. The number of likely N-dealkylation sites (N-methyl/N-ethyl adjacent to an activating group) is 2. The second-order valence-corrected chi connectivity index (χ2v) is 6.05. The van der Waals surface area contributed by atoms with Crippen LogP contribution in [0.15, 0.2) is 0 Å². The maximum absolute atomic E-state index is 10.3. The molecule has 0 unspecified atom stereocenters. The van der Waals surface area contributed by atoms with Crippen LogP contribution in [0, 0.1) is 0 Å². The maximum Gasteiger partial charge on any atom is 0.152 e. The van der Waals surface area contributed by atoms with Crippen LogP contribution < -0.4 is 0 Å². The van der Waals surface area contributed by atoms with Crippen LogP contribution in [0.4, 0.5) is 0 Å². The van der Waals surface area contributed by atoms with Gasteiger partial charge in [0.2, 0.25) is 0 Å². The zero-order chi connectivity index (χ0) is 15.6. The Bertz CT molecular complexity index is 217. The SMILES string of the molecule is C[N+](CCO)(CCO)CC(O)C[N+](C)(CCO)CCO. The van der Waals surface area contributed by atoms with Gasteiger partial charge in [-0.25, -0.2) is 0 Å². The first-order valence-electron chi connectivity index (χ1n) is 7.13. The summed E-state index contributed by atoms with van der Waals surface area (Å²) in [6.07, 6.45) is -0.624. The van der Waals surface area contributed by atoms with E-state index in [0.29, 0.717) is 48.2 Å². The number of hydrogen-bond acceptors (Lipinski definition) is 5. The second-order valence-electron chi connectivity index (χ2n) is 6.05. The van der Waals surface area contributed by atoms with E-state index in [1.807, 2.05) is 14.1 Å². The van der Waals surface area contributed by atoms with Crippen molar-refractivity contribution in [2.75, 3.05) is 79.8 Å². The molecule has 0 rings (SSSR count). The van der Waals surface area contributed by atoms with Crippen molar-refractivity contribution in [3.63, 3.8) is 0 Å². The van der Waals surface area contributed by atoms with Gasteiger partial charge in [-0.2, -0.15) is 0 Å². The van der Waals surface area contributed by atoms with Crippen molar-refractivity contribution < 1.29 is 34.5 Å². The van der Waals surface area contributed by atoms with Gasteiger partial charge >= 0.3 is 0 Å². The topological polar surface area (TPSA) is 101 Å². The van der Waals surface area contributed by atoms with E-state index in [1.165, 1.54) is 0 Å². The highest BCUT2D eigenvalue weighted by atomic mass is 16.3. The summed E-state index contributed by atoms with van der Waals surface area (Å²) >= 11 is 0. The minimum absolute atomic E-state index is 0.00260. The summed E-state index contributed by atoms with van der Waals surface area (Å²) in [6.45, 7) is 2.75. The first kappa shape index (κ1) is 19.7. The number of aliphatic hydroxyl groups is 5. The molecule has 5 N–H and O–H groups in total. The van der Waals surface area contributed by atoms with Crippen molar-refractivity contribution in [3.05, 3.63) is 0 Å². The van der Waals surface area contributed by atoms with Gasteiger partial charge in [0.1, 0.15) is 39.3 Å². The molecule has 0 aromatic carbocycles. The molecule has 20 heavy (non-hydrogen) atoms. The number of rotatable bonds is 12. The largest absolute Gasteiger partial charge is 0.391 e. The van der Waals surface area contributed by atoms with Crippen molar-refractivity contribution in [2.24, 2.45) is 0 Å². The third kappa shape index (κ3) is 7.49. The predicted octanol–water partition coefficient (Wildman–Crippen LogP) is -2.79. The molecule has 0 aliphatic rings. The fourth-order valence-electron chi connectivity index (χ4n) is 2.63. The van der Waals surface area contributed by atoms with Gasteiger partial charge in [0, 0.05) is 0 Å². The van der Waals surface area contributed by atoms with Crippen LogP contribution in [0.3, 0.4) is 0 Å². The number of nitrogens with zero attached hydrogens (tertiary/aromatic N) is 2. The molecule has 0 saturated heterocycles. The molecule has 0 amide bonds. The van der Waals surface area contributed by atoms with E-state index in [-0.39, 0.29) is 26.4 Å². The molecular weight excluding hydrogens is 264 g/mol. The second kappa shape index (κ2) is 9.62. The maximum atomic E-state index is 10.3. The number of hydrogen-bond donors (Lipinski definition) is 5. The number of aliphatic hydroxyl groups excluding tert-OH is 5. The molecule has 0 aromatic heterocycles. The van der Waals surface area contributed by atoms with Crippen molar-refractivity contribution in [1.29, 1.82) is 0 Å². The Morgan fingerprint density at radius 2 is 0.900 bits per heavy atom. The Hall–Kier alpha value is -0.280. The molecular formula is C13H32N2O5+2. The summed E-state index contributed by atoms with van der Waals surface area (Å²) in [4.78, 5) is 0. The molecule has 0 bridgehead atoms. The van der Waals surface area contributed by atoms with Crippen LogP contribution in [0.2, 0.25) is 0 Å². The van der Waals surface area contributed by atoms with E-state index in [2.05, 4.69) is 0 Å². The monoisotopic (exact) mass is 296 g/mol. The van der Waals surface area contributed by atoms with Gasteiger partial charge in [0.15, 0.2) is 6.10 Å². The van der Waals surface area contributed by atoms with Gasteiger partial charge in [-0.05, 0) is 0 Å². The molecule has 0 aromatic rings. The van der Waals surface area contributed by atoms with Gasteiger partial charge in [-0.15, -0.1) is 0 Å². The average molecular weight is 296 g/mol. The minimum atomic E-state index is -0.624. The summed E-state index contributed by atoms with van der Waals surface area (Å²) in [7, 11) is 3.77. The Morgan fingerprint density at radius 3 is 1.10 bits per heavy atom. The standard InChI is InChI=1S/C13H32N2O5/c1-14(3-7-16,4-8-17)11-13(20)12-15(2,5-9-18)6-10-19/h13,16-20H,3-12H2,1-2H3/q+2. The lowest BCUT2D eigenvalue weighted by atomic mass is 10.2. The third-order valence-electron chi connectivity index (χ3n) is 3.86. The Morgan fingerprint density at radius 1 is 0.650 bits per heavy atom. The highest BCUT2D eigenvalue weighted by Gasteiger charge is 2.31. The Balaban J connectivity index is 4.58. The van der Waals surface area contributed by atoms with Gasteiger partial charge in [-0.1, -0.05) is 0 Å². The van der Waals surface area contributed by atoms with Crippen LogP contribution in [-0.2, 0) is 0 Å². The molecule has 0 atom stereocenters. The van der Waals surface area contributed by atoms with E-state index < -0.39 is 6.10 Å². The molecule has 0 radical (unpaired) electrons. The summed E-state index contributed by atoms with van der Waals surface area (Å²) in [5, 5.41) is 46.6. The smallest absolute Gasteiger partial charge is 0.152 e. The average Bonchev–Trinajstić information content (AvgIpc) is 2.28. The number of quaternary nitrogens is 2. The van der Waals surface area contributed by atoms with Gasteiger partial charge in [0.05, 0.1) is 40.5 Å². The zero-order valence-corrected chi connectivity index (χ0v) is 12.8. The van der Waals surface area contributed by atoms with E-state index in [0.717, 1.165) is 0 Å². The Kier molecular flexibility index (Phi) is 9.48. The van der Waals surface area contributed by atoms with E-state index in [9.17, 15) is 5.11 Å². The summed E-state index contributed by atoms with van der Waals surface area (Å²) < 4.78 is 0.791. The molecule has 0 saturated carbocycles. The minimum Gasteiger partial charge on any atom is -0.391 e. The fourth-order valence-corrected chi connectivity index (χ4v) is 2.63. The summed E-state index contributed by atoms with van der Waals surface area (Å²) in [5.74, 6) is 0. The molecule has 0 spiro atoms. The van der Waals surface area contributed by atoms with Crippen molar-refractivity contribution in [1.82, 2.24) is 0 Å². The van der Waals surface area contributed by atoms with Crippen molar-refractivity contribution in [2.45, 2.75) is 6.10 Å².